The minimum atomic E-state index is -1.14. The van der Waals surface area contributed by atoms with E-state index in [1.165, 1.54) is 12.0 Å². The summed E-state index contributed by atoms with van der Waals surface area (Å²) in [4.78, 5) is 28.0. The van der Waals surface area contributed by atoms with Gasteiger partial charge in [-0.25, -0.2) is 9.59 Å². The van der Waals surface area contributed by atoms with E-state index in [0.29, 0.717) is 32.3 Å². The van der Waals surface area contributed by atoms with Crippen molar-refractivity contribution in [2.45, 2.75) is 76.4 Å². The summed E-state index contributed by atoms with van der Waals surface area (Å²) >= 11 is 0. The Morgan fingerprint density at radius 1 is 1.21 bits per heavy atom. The van der Waals surface area contributed by atoms with E-state index in [0.717, 1.165) is 12.8 Å². The van der Waals surface area contributed by atoms with Gasteiger partial charge in [0.05, 0.1) is 18.3 Å². The molecule has 2 saturated heterocycles. The summed E-state index contributed by atoms with van der Waals surface area (Å²) < 4.78 is 17.2. The lowest BCUT2D eigenvalue weighted by atomic mass is 9.75. The highest BCUT2D eigenvalue weighted by Crippen LogP contribution is 2.43. The molecule has 1 amide bonds. The molecular formula is C20H37BN2O6. The van der Waals surface area contributed by atoms with Gasteiger partial charge in [0.25, 0.3) is 0 Å². The summed E-state index contributed by atoms with van der Waals surface area (Å²) in [5, 5.41) is 9.75. The number of carboxylic acid groups (broad SMARTS) is 1. The molecule has 2 aliphatic rings. The van der Waals surface area contributed by atoms with Crippen LogP contribution in [0.15, 0.2) is 0 Å². The molecule has 2 aliphatic heterocycles. The average molecular weight is 412 g/mol. The van der Waals surface area contributed by atoms with Crippen LogP contribution in [0.5, 0.6) is 0 Å². The van der Waals surface area contributed by atoms with Crippen molar-refractivity contribution >= 4 is 19.2 Å². The second-order valence-corrected chi connectivity index (χ2v) is 9.51. The Balaban J connectivity index is 2.10. The third kappa shape index (κ3) is 4.72. The fourth-order valence-electron chi connectivity index (χ4n) is 4.50. The maximum absolute atomic E-state index is 12.9. The van der Waals surface area contributed by atoms with Gasteiger partial charge in [0.2, 0.25) is 0 Å². The Hall–Kier alpha value is -1.32. The second-order valence-electron chi connectivity index (χ2n) is 9.51. The molecule has 2 unspecified atom stereocenters. The number of ether oxygens (including phenoxy) is 1. The largest absolute Gasteiger partial charge is 0.467 e. The number of likely N-dealkylation sites (tertiary alicyclic amines) is 1. The molecule has 1 N–H and O–H groups in total. The van der Waals surface area contributed by atoms with Crippen molar-refractivity contribution in [2.75, 3.05) is 34.3 Å². The SMILES string of the molecule is COC(=O)C1(CCN(C)C)C(CCCB2OC(C)(C)C(C)(C)O2)CCN1C(=O)O. The standard InChI is InChI=1S/C20H37BN2O6/c1-18(2)19(3,4)29-21(28-18)12-8-9-15-10-13-23(17(25)26)20(15,16(24)27-7)11-14-22(5)6/h15H,8-14H2,1-7H3,(H,25,26). The third-order valence-electron chi connectivity index (χ3n) is 6.86. The molecule has 29 heavy (non-hydrogen) atoms. The molecular weight excluding hydrogens is 375 g/mol. The van der Waals surface area contributed by atoms with E-state index in [-0.39, 0.29) is 24.2 Å². The van der Waals surface area contributed by atoms with Gasteiger partial charge in [-0.15, -0.1) is 0 Å². The predicted octanol–water partition coefficient (Wildman–Crippen LogP) is 2.72. The van der Waals surface area contributed by atoms with E-state index in [2.05, 4.69) is 0 Å². The van der Waals surface area contributed by atoms with E-state index < -0.39 is 17.6 Å². The van der Waals surface area contributed by atoms with E-state index >= 15 is 0 Å². The molecule has 0 bridgehead atoms. The maximum Gasteiger partial charge on any atom is 0.457 e. The van der Waals surface area contributed by atoms with Gasteiger partial charge in [-0.3, -0.25) is 4.90 Å². The molecule has 2 rings (SSSR count). The highest BCUT2D eigenvalue weighted by atomic mass is 16.7. The fourth-order valence-corrected chi connectivity index (χ4v) is 4.50. The van der Waals surface area contributed by atoms with Gasteiger partial charge in [0, 0.05) is 13.1 Å². The number of rotatable bonds is 8. The maximum atomic E-state index is 12.9. The van der Waals surface area contributed by atoms with Gasteiger partial charge in [-0.1, -0.05) is 6.42 Å². The van der Waals surface area contributed by atoms with Crippen LogP contribution in [0.4, 0.5) is 4.79 Å². The summed E-state index contributed by atoms with van der Waals surface area (Å²) in [7, 11) is 4.88. The van der Waals surface area contributed by atoms with Crippen molar-refractivity contribution in [3.8, 4) is 0 Å². The smallest absolute Gasteiger partial charge is 0.457 e. The van der Waals surface area contributed by atoms with Gasteiger partial charge in [-0.05, 0) is 73.3 Å². The molecule has 8 nitrogen and oxygen atoms in total. The lowest BCUT2D eigenvalue weighted by Crippen LogP contribution is -2.58. The number of nitrogens with zero attached hydrogens (tertiary/aromatic N) is 2. The quantitative estimate of drug-likeness (QED) is 0.484. The first-order valence-corrected chi connectivity index (χ1v) is 10.5. The molecule has 0 aromatic heterocycles. The summed E-state index contributed by atoms with van der Waals surface area (Å²) in [6.45, 7) is 9.05. The van der Waals surface area contributed by atoms with Gasteiger partial charge < -0.3 is 24.1 Å². The highest BCUT2D eigenvalue weighted by molar-refractivity contribution is 6.45. The second kappa shape index (κ2) is 8.82. The third-order valence-corrected chi connectivity index (χ3v) is 6.86. The molecule has 0 spiro atoms. The molecule has 0 aromatic rings. The first kappa shape index (κ1) is 24.0. The fraction of sp³-hybridized carbons (Fsp3) is 0.900. The Bertz CT molecular complexity index is 596. The molecule has 2 heterocycles. The number of amides is 1. The van der Waals surface area contributed by atoms with Crippen molar-refractivity contribution in [3.63, 3.8) is 0 Å². The monoisotopic (exact) mass is 412 g/mol. The van der Waals surface area contributed by atoms with Crippen LogP contribution in [0.3, 0.4) is 0 Å². The zero-order valence-electron chi connectivity index (χ0n) is 19.0. The minimum absolute atomic E-state index is 0.0894. The van der Waals surface area contributed by atoms with E-state index in [1.807, 2.05) is 46.7 Å². The van der Waals surface area contributed by atoms with Crippen LogP contribution >= 0.6 is 0 Å². The van der Waals surface area contributed by atoms with E-state index in [4.69, 9.17) is 14.0 Å². The Morgan fingerprint density at radius 2 is 1.79 bits per heavy atom. The number of methoxy groups -OCH3 is 1. The molecule has 0 saturated carbocycles. The summed E-state index contributed by atoms with van der Waals surface area (Å²) in [5.74, 6) is -0.548. The van der Waals surface area contributed by atoms with Crippen LogP contribution in [0, 0.1) is 5.92 Å². The number of carbonyl (C=O) groups excluding carboxylic acids is 1. The number of carbonyl (C=O) groups is 2. The molecule has 2 fully saturated rings. The number of esters is 1. The van der Waals surface area contributed by atoms with Gasteiger partial charge in [-0.2, -0.15) is 0 Å². The highest BCUT2D eigenvalue weighted by Gasteiger charge is 2.57. The summed E-state index contributed by atoms with van der Waals surface area (Å²) in [6, 6.07) is 0. The summed E-state index contributed by atoms with van der Waals surface area (Å²) in [6.07, 6.45) is 2.22. The van der Waals surface area contributed by atoms with Crippen molar-refractivity contribution in [1.82, 2.24) is 9.80 Å². The van der Waals surface area contributed by atoms with Gasteiger partial charge in [0.15, 0.2) is 0 Å². The number of hydrogen-bond acceptors (Lipinski definition) is 6. The van der Waals surface area contributed by atoms with Crippen molar-refractivity contribution in [3.05, 3.63) is 0 Å². The summed E-state index contributed by atoms with van der Waals surface area (Å²) in [5.41, 5.74) is -1.87. The molecule has 9 heteroatoms. The Kier molecular flexibility index (Phi) is 7.28. The van der Waals surface area contributed by atoms with Crippen LogP contribution in [0.1, 0.15) is 53.4 Å². The number of hydrogen-bond donors (Lipinski definition) is 1. The van der Waals surface area contributed by atoms with Crippen LogP contribution in [-0.2, 0) is 18.8 Å². The first-order valence-electron chi connectivity index (χ1n) is 10.5. The molecule has 0 aliphatic carbocycles. The van der Waals surface area contributed by atoms with Crippen LogP contribution in [-0.4, -0.2) is 85.1 Å². The van der Waals surface area contributed by atoms with Crippen molar-refractivity contribution < 1.29 is 28.7 Å². The molecule has 166 valence electrons. The average Bonchev–Trinajstić information content (AvgIpc) is 3.07. The lowest BCUT2D eigenvalue weighted by molar-refractivity contribution is -0.155. The van der Waals surface area contributed by atoms with E-state index in [1.54, 1.807) is 0 Å². The Morgan fingerprint density at radius 3 is 2.28 bits per heavy atom. The minimum Gasteiger partial charge on any atom is -0.467 e. The van der Waals surface area contributed by atoms with Crippen molar-refractivity contribution in [1.29, 1.82) is 0 Å². The lowest BCUT2D eigenvalue weighted by Gasteiger charge is -2.39. The normalized spacial score (nSPS) is 28.2. The Labute approximate surface area is 175 Å². The van der Waals surface area contributed by atoms with Crippen LogP contribution in [0.2, 0.25) is 6.32 Å². The van der Waals surface area contributed by atoms with Gasteiger partial charge >= 0.3 is 19.2 Å². The predicted molar refractivity (Wildman–Crippen MR) is 111 cm³/mol. The topological polar surface area (TPSA) is 88.5 Å². The molecule has 0 aromatic carbocycles. The zero-order valence-corrected chi connectivity index (χ0v) is 19.0. The zero-order chi connectivity index (χ0) is 22.0. The van der Waals surface area contributed by atoms with Crippen LogP contribution < -0.4 is 0 Å². The van der Waals surface area contributed by atoms with Crippen LogP contribution in [0.25, 0.3) is 0 Å². The van der Waals surface area contributed by atoms with E-state index in [9.17, 15) is 14.7 Å². The van der Waals surface area contributed by atoms with Crippen molar-refractivity contribution in [2.24, 2.45) is 5.92 Å². The molecule has 0 radical (unpaired) electrons. The molecule has 2 atom stereocenters. The first-order chi connectivity index (χ1) is 13.4. The van der Waals surface area contributed by atoms with Gasteiger partial charge in [0.1, 0.15) is 5.54 Å².